The number of hydrogen-bond donors (Lipinski definition) is 0. The first-order valence-corrected chi connectivity index (χ1v) is 5.90. The summed E-state index contributed by atoms with van der Waals surface area (Å²) in [6, 6.07) is 8.62. The summed E-state index contributed by atoms with van der Waals surface area (Å²) in [5.74, 6) is -0.195. The smallest absolute Gasteiger partial charge is 0.285 e. The highest BCUT2D eigenvalue weighted by molar-refractivity contribution is 8.03. The Labute approximate surface area is 103 Å². The molecule has 5 nitrogen and oxygen atoms in total. The molecular formula is C11H9N3O2S. The fourth-order valence-corrected chi connectivity index (χ4v) is 2.01. The van der Waals surface area contributed by atoms with E-state index in [4.69, 9.17) is 5.26 Å². The quantitative estimate of drug-likeness (QED) is 0.601. The lowest BCUT2D eigenvalue weighted by Crippen LogP contribution is -2.32. The molecule has 0 aromatic heterocycles. The SMILES string of the molecule is N#CSCN1C(=O)CN(c2ccccc2)C1=O. The molecule has 0 saturated carbocycles. The van der Waals surface area contributed by atoms with E-state index >= 15 is 0 Å². The maximum absolute atomic E-state index is 11.9. The van der Waals surface area contributed by atoms with E-state index in [2.05, 4.69) is 0 Å². The van der Waals surface area contributed by atoms with Gasteiger partial charge < -0.3 is 0 Å². The van der Waals surface area contributed by atoms with Crippen LogP contribution in [0.3, 0.4) is 0 Å². The molecule has 6 heteroatoms. The first-order valence-electron chi connectivity index (χ1n) is 4.92. The van der Waals surface area contributed by atoms with Crippen molar-refractivity contribution in [2.75, 3.05) is 17.3 Å². The second-order valence-electron chi connectivity index (χ2n) is 3.39. The number of nitrogens with zero attached hydrogens (tertiary/aromatic N) is 3. The normalized spacial score (nSPS) is 15.2. The molecule has 1 saturated heterocycles. The van der Waals surface area contributed by atoms with E-state index in [9.17, 15) is 9.59 Å². The number of nitriles is 1. The van der Waals surface area contributed by atoms with Crippen molar-refractivity contribution in [1.82, 2.24) is 4.90 Å². The van der Waals surface area contributed by atoms with Gasteiger partial charge in [-0.3, -0.25) is 14.6 Å². The summed E-state index contributed by atoms with van der Waals surface area (Å²) in [6.45, 7) is 0.0365. The van der Waals surface area contributed by atoms with E-state index in [-0.39, 0.29) is 24.4 Å². The van der Waals surface area contributed by atoms with Crippen LogP contribution in [0.25, 0.3) is 0 Å². The molecule has 0 aliphatic carbocycles. The van der Waals surface area contributed by atoms with Crippen LogP contribution in [0.15, 0.2) is 30.3 Å². The van der Waals surface area contributed by atoms with Crippen molar-refractivity contribution >= 4 is 29.4 Å². The molecule has 0 unspecified atom stereocenters. The molecule has 0 spiro atoms. The fourth-order valence-electron chi connectivity index (χ4n) is 1.57. The van der Waals surface area contributed by atoms with Crippen LogP contribution < -0.4 is 4.90 Å². The highest BCUT2D eigenvalue weighted by Gasteiger charge is 2.36. The Hall–Kier alpha value is -2.00. The molecule has 2 rings (SSSR count). The molecule has 3 amide bonds. The van der Waals surface area contributed by atoms with Crippen LogP contribution >= 0.6 is 11.8 Å². The van der Waals surface area contributed by atoms with Gasteiger partial charge in [-0.05, 0) is 23.9 Å². The minimum atomic E-state index is -0.371. The van der Waals surface area contributed by atoms with Gasteiger partial charge in [-0.2, -0.15) is 5.26 Å². The van der Waals surface area contributed by atoms with E-state index in [0.29, 0.717) is 5.69 Å². The zero-order valence-corrected chi connectivity index (χ0v) is 9.68. The molecular weight excluding hydrogens is 238 g/mol. The first kappa shape index (κ1) is 11.5. The minimum Gasteiger partial charge on any atom is -0.285 e. The van der Waals surface area contributed by atoms with Crippen LogP contribution in [0.4, 0.5) is 10.5 Å². The molecule has 17 heavy (non-hydrogen) atoms. The van der Waals surface area contributed by atoms with Gasteiger partial charge in [0.25, 0.3) is 5.91 Å². The summed E-state index contributed by atoms with van der Waals surface area (Å²) in [5.41, 5.74) is 0.690. The number of amides is 3. The van der Waals surface area contributed by atoms with Crippen molar-refractivity contribution in [3.8, 4) is 5.40 Å². The molecule has 0 bridgehead atoms. The number of imide groups is 1. The molecule has 1 aliphatic rings. The van der Waals surface area contributed by atoms with Gasteiger partial charge in [0.2, 0.25) is 0 Å². The topological polar surface area (TPSA) is 64.4 Å². The van der Waals surface area contributed by atoms with Crippen LogP contribution in [0.5, 0.6) is 0 Å². The Morgan fingerprint density at radius 2 is 2.00 bits per heavy atom. The van der Waals surface area contributed by atoms with Crippen LogP contribution in [-0.2, 0) is 4.79 Å². The van der Waals surface area contributed by atoms with E-state index in [1.807, 2.05) is 11.5 Å². The molecule has 0 radical (unpaired) electrons. The second kappa shape index (κ2) is 4.89. The van der Waals surface area contributed by atoms with Crippen LogP contribution in [-0.4, -0.2) is 29.3 Å². The average Bonchev–Trinajstić information content (AvgIpc) is 2.64. The number of anilines is 1. The lowest BCUT2D eigenvalue weighted by molar-refractivity contribution is -0.124. The largest absolute Gasteiger partial charge is 0.332 e. The predicted molar refractivity (Wildman–Crippen MR) is 64.1 cm³/mol. The minimum absolute atomic E-state index is 0.0365. The third-order valence-electron chi connectivity index (χ3n) is 2.38. The van der Waals surface area contributed by atoms with Gasteiger partial charge in [0.15, 0.2) is 0 Å². The lowest BCUT2D eigenvalue weighted by atomic mass is 10.3. The highest BCUT2D eigenvalue weighted by Crippen LogP contribution is 2.21. The Bertz CT molecular complexity index is 483. The van der Waals surface area contributed by atoms with E-state index in [1.165, 1.54) is 4.90 Å². The third-order valence-corrected chi connectivity index (χ3v) is 2.90. The number of carbonyl (C=O) groups is 2. The average molecular weight is 247 g/mol. The lowest BCUT2D eigenvalue weighted by Gasteiger charge is -2.15. The first-order chi connectivity index (χ1) is 8.24. The zero-order chi connectivity index (χ0) is 12.3. The van der Waals surface area contributed by atoms with Crippen LogP contribution in [0.2, 0.25) is 0 Å². The number of rotatable bonds is 3. The van der Waals surface area contributed by atoms with Gasteiger partial charge in [-0.1, -0.05) is 18.2 Å². The van der Waals surface area contributed by atoms with Gasteiger partial charge in [0, 0.05) is 5.69 Å². The molecule has 86 valence electrons. The zero-order valence-electron chi connectivity index (χ0n) is 8.87. The van der Waals surface area contributed by atoms with Gasteiger partial charge in [-0.25, -0.2) is 4.79 Å². The summed E-state index contributed by atoms with van der Waals surface area (Å²) in [6.07, 6.45) is 0. The third kappa shape index (κ3) is 2.24. The van der Waals surface area contributed by atoms with Gasteiger partial charge in [0.1, 0.15) is 11.9 Å². The maximum atomic E-state index is 11.9. The second-order valence-corrected chi connectivity index (χ2v) is 4.12. The number of urea groups is 1. The molecule has 0 N–H and O–H groups in total. The van der Waals surface area contributed by atoms with Crippen molar-refractivity contribution in [1.29, 1.82) is 5.26 Å². The number of para-hydroxylation sites is 1. The van der Waals surface area contributed by atoms with E-state index < -0.39 is 0 Å². The molecule has 1 aliphatic heterocycles. The van der Waals surface area contributed by atoms with Gasteiger partial charge in [0.05, 0.1) is 5.88 Å². The monoisotopic (exact) mass is 247 g/mol. The van der Waals surface area contributed by atoms with Crippen molar-refractivity contribution < 1.29 is 9.59 Å². The van der Waals surface area contributed by atoms with Gasteiger partial charge >= 0.3 is 6.03 Å². The summed E-state index contributed by atoms with van der Waals surface area (Å²) in [7, 11) is 0. The molecule has 1 heterocycles. The molecule has 1 aromatic carbocycles. The number of carbonyl (C=O) groups excluding carboxylic acids is 2. The highest BCUT2D eigenvalue weighted by atomic mass is 32.2. The standard InChI is InChI=1S/C11H9N3O2S/c12-7-17-8-14-10(15)6-13(11(14)16)9-4-2-1-3-5-9/h1-5H,6,8H2. The van der Waals surface area contributed by atoms with Crippen molar-refractivity contribution in [3.63, 3.8) is 0 Å². The van der Waals surface area contributed by atoms with Gasteiger partial charge in [-0.15, -0.1) is 0 Å². The Balaban J connectivity index is 2.16. The van der Waals surface area contributed by atoms with Crippen LogP contribution in [0, 0.1) is 10.7 Å². The van der Waals surface area contributed by atoms with Crippen LogP contribution in [0.1, 0.15) is 0 Å². The fraction of sp³-hybridized carbons (Fsp3) is 0.182. The number of thiocyanates is 1. The van der Waals surface area contributed by atoms with Crippen molar-refractivity contribution in [2.45, 2.75) is 0 Å². The Kier molecular flexibility index (Phi) is 3.30. The molecule has 1 aromatic rings. The predicted octanol–water partition coefficient (Wildman–Crippen LogP) is 1.63. The maximum Gasteiger partial charge on any atom is 0.332 e. The van der Waals surface area contributed by atoms with Crippen molar-refractivity contribution in [2.24, 2.45) is 0 Å². The van der Waals surface area contributed by atoms with Crippen molar-refractivity contribution in [3.05, 3.63) is 30.3 Å². The van der Waals surface area contributed by atoms with E-state index in [0.717, 1.165) is 16.7 Å². The molecule has 1 fully saturated rings. The summed E-state index contributed by atoms with van der Waals surface area (Å²) in [5, 5.41) is 10.3. The number of thioether (sulfide) groups is 1. The Morgan fingerprint density at radius 1 is 1.29 bits per heavy atom. The number of benzene rings is 1. The summed E-state index contributed by atoms with van der Waals surface area (Å²) < 4.78 is 0. The summed E-state index contributed by atoms with van der Waals surface area (Å²) >= 11 is 0.873. The Morgan fingerprint density at radius 3 is 2.65 bits per heavy atom. The summed E-state index contributed by atoms with van der Waals surface area (Å²) in [4.78, 5) is 26.0. The van der Waals surface area contributed by atoms with E-state index in [1.54, 1.807) is 24.3 Å². The molecule has 0 atom stereocenters. The number of hydrogen-bond acceptors (Lipinski definition) is 4.